The van der Waals surface area contributed by atoms with Gasteiger partial charge in [-0.3, -0.25) is 0 Å². The molecular formula is C143H90S3. The van der Waals surface area contributed by atoms with Crippen molar-refractivity contribution in [1.82, 2.24) is 0 Å². The molecule has 0 radical (unpaired) electrons. The van der Waals surface area contributed by atoms with Crippen LogP contribution >= 0.6 is 34.0 Å². The predicted octanol–water partition coefficient (Wildman–Crippen LogP) is 40.1. The van der Waals surface area contributed by atoms with Gasteiger partial charge >= 0.3 is 0 Å². The van der Waals surface area contributed by atoms with Crippen molar-refractivity contribution < 1.29 is 0 Å². The molecule has 0 saturated carbocycles. The predicted molar refractivity (Wildman–Crippen MR) is 627 cm³/mol. The topological polar surface area (TPSA) is 0 Å². The zero-order valence-electron chi connectivity index (χ0n) is 80.2. The zero-order valence-corrected chi connectivity index (χ0v) is 82.7. The van der Waals surface area contributed by atoms with Gasteiger partial charge in [-0.2, -0.15) is 0 Å². The quantitative estimate of drug-likeness (QED) is 0.133. The van der Waals surface area contributed by atoms with E-state index in [1.165, 1.54) is 292 Å². The molecule has 4 aliphatic carbocycles. The maximum absolute atomic E-state index is 2.53. The molecule has 4 aliphatic rings. The van der Waals surface area contributed by atoms with E-state index in [0.29, 0.717) is 0 Å². The van der Waals surface area contributed by atoms with Crippen LogP contribution in [-0.4, -0.2) is 0 Å². The summed E-state index contributed by atoms with van der Waals surface area (Å²) in [5, 5.41) is 23.5. The number of rotatable bonds is 8. The monoisotopic (exact) mass is 1900 g/mol. The fourth-order valence-electron chi connectivity index (χ4n) is 26.2. The number of hydrogen-bond donors (Lipinski definition) is 0. The van der Waals surface area contributed by atoms with E-state index in [2.05, 4.69) is 523 Å². The smallest absolute Gasteiger partial charge is 0.0725 e. The molecule has 3 aromatic heterocycles. The Labute approximate surface area is 858 Å². The SMILES string of the molecule is CC1(C)c2cc(-c3cc4ccccc4c4ccccc34)ccc2-c2ccc(-c3cccc4c3sc3ccccc34)cc21.c1ccc(C2(c3ccccc3)c3cc(-c4cc5ccccc5c5ccccc45)ccc3-c3ccc(-c4cccc5c4sc4ccccc45)cc32)cc1.c1ccc2c(c1)-c1ccccc1C21c2cc(-c3cc4ccccc4c4ccccc34)ccc2-c2ccc(-c3cccc4c3sc3ccccc34)cc21. The third-order valence-corrected chi connectivity index (χ3v) is 36.4. The Morgan fingerprint density at radius 1 is 0.137 bits per heavy atom. The first-order valence-electron chi connectivity index (χ1n) is 50.8. The van der Waals surface area contributed by atoms with Crippen molar-refractivity contribution in [3.05, 3.63) is 565 Å². The van der Waals surface area contributed by atoms with Crippen LogP contribution in [0, 0.1) is 0 Å². The van der Waals surface area contributed by atoms with Gasteiger partial charge in [0.2, 0.25) is 0 Å². The van der Waals surface area contributed by atoms with Crippen LogP contribution in [0.4, 0.5) is 0 Å². The summed E-state index contributed by atoms with van der Waals surface area (Å²) in [6.45, 7) is 4.79. The summed E-state index contributed by atoms with van der Waals surface area (Å²) in [6, 6.07) is 191. The molecule has 146 heavy (non-hydrogen) atoms. The molecule has 32 rings (SSSR count). The van der Waals surface area contributed by atoms with Crippen molar-refractivity contribution in [2.24, 2.45) is 0 Å². The van der Waals surface area contributed by atoms with Crippen LogP contribution in [0.1, 0.15) is 69.5 Å². The van der Waals surface area contributed by atoms with Gasteiger partial charge in [0.15, 0.2) is 0 Å². The van der Waals surface area contributed by atoms with Crippen molar-refractivity contribution in [2.45, 2.75) is 30.1 Å². The van der Waals surface area contributed by atoms with Gasteiger partial charge in [0.25, 0.3) is 0 Å². The van der Waals surface area contributed by atoms with Gasteiger partial charge in [-0.25, -0.2) is 0 Å². The summed E-state index contributed by atoms with van der Waals surface area (Å²) in [6.07, 6.45) is 0. The van der Waals surface area contributed by atoms with Crippen LogP contribution in [-0.2, 0) is 16.2 Å². The van der Waals surface area contributed by atoms with Crippen molar-refractivity contribution in [1.29, 1.82) is 0 Å². The average molecular weight is 1900 g/mol. The van der Waals surface area contributed by atoms with Crippen molar-refractivity contribution in [3.63, 3.8) is 0 Å². The van der Waals surface area contributed by atoms with Crippen molar-refractivity contribution in [2.75, 3.05) is 0 Å². The first-order valence-corrected chi connectivity index (χ1v) is 53.2. The Balaban J connectivity index is 0.000000102. The summed E-state index contributed by atoms with van der Waals surface area (Å²) in [5.41, 5.74) is 38.4. The van der Waals surface area contributed by atoms with Crippen LogP contribution in [0.25, 0.3) is 236 Å². The lowest BCUT2D eigenvalue weighted by Crippen LogP contribution is -2.28. The molecule has 0 amide bonds. The highest BCUT2D eigenvalue weighted by Gasteiger charge is 2.53. The summed E-state index contributed by atoms with van der Waals surface area (Å²) < 4.78 is 8.08. The minimum absolute atomic E-state index is 0.0998. The molecule has 28 aromatic rings. The molecule has 0 saturated heterocycles. The summed E-state index contributed by atoms with van der Waals surface area (Å²) in [7, 11) is 0. The van der Waals surface area contributed by atoms with E-state index >= 15 is 0 Å². The first kappa shape index (κ1) is 84.4. The highest BCUT2D eigenvalue weighted by molar-refractivity contribution is 7.27. The van der Waals surface area contributed by atoms with E-state index in [4.69, 9.17) is 0 Å². The Morgan fingerprint density at radius 3 is 0.692 bits per heavy atom. The summed E-state index contributed by atoms with van der Waals surface area (Å²) in [4.78, 5) is 0. The average Bonchev–Trinajstić information content (AvgIpc) is 1.50. The number of benzene rings is 25. The second-order valence-electron chi connectivity index (χ2n) is 40.4. The minimum Gasteiger partial charge on any atom is -0.135 e. The molecule has 680 valence electrons. The lowest BCUT2D eigenvalue weighted by Gasteiger charge is -2.34. The van der Waals surface area contributed by atoms with E-state index in [0.717, 1.165) is 0 Å². The molecule has 3 heteroatoms. The van der Waals surface area contributed by atoms with Crippen LogP contribution < -0.4 is 0 Å². The molecular weight excluding hydrogens is 1810 g/mol. The van der Waals surface area contributed by atoms with E-state index in [-0.39, 0.29) is 5.41 Å². The van der Waals surface area contributed by atoms with Crippen LogP contribution in [0.5, 0.6) is 0 Å². The molecule has 1 spiro atoms. The second-order valence-corrected chi connectivity index (χ2v) is 43.6. The van der Waals surface area contributed by atoms with Crippen LogP contribution in [0.3, 0.4) is 0 Å². The Hall–Kier alpha value is -17.3. The highest BCUT2D eigenvalue weighted by atomic mass is 32.1. The fraction of sp³-hybridized carbons (Fsp3) is 0.0350. The maximum Gasteiger partial charge on any atom is 0.0725 e. The maximum atomic E-state index is 2.53. The highest BCUT2D eigenvalue weighted by Crippen LogP contribution is 2.66. The number of fused-ring (bicyclic) bond motifs is 34. The van der Waals surface area contributed by atoms with E-state index < -0.39 is 10.8 Å². The molecule has 0 unspecified atom stereocenters. The molecule has 0 N–H and O–H groups in total. The van der Waals surface area contributed by atoms with Crippen LogP contribution in [0.15, 0.2) is 510 Å². The van der Waals surface area contributed by atoms with Crippen molar-refractivity contribution in [3.8, 4) is 111 Å². The Bertz CT molecular complexity index is 9980. The van der Waals surface area contributed by atoms with Crippen LogP contribution in [0.2, 0.25) is 0 Å². The molecule has 3 heterocycles. The van der Waals surface area contributed by atoms with Gasteiger partial charge < -0.3 is 0 Å². The van der Waals surface area contributed by atoms with E-state index in [1.807, 2.05) is 34.0 Å². The van der Waals surface area contributed by atoms with Gasteiger partial charge in [0.1, 0.15) is 0 Å². The Morgan fingerprint density at radius 2 is 0.363 bits per heavy atom. The molecule has 0 fully saturated rings. The van der Waals surface area contributed by atoms with E-state index in [9.17, 15) is 0 Å². The largest absolute Gasteiger partial charge is 0.135 e. The molecule has 0 nitrogen and oxygen atoms in total. The molecule has 0 bridgehead atoms. The van der Waals surface area contributed by atoms with Crippen molar-refractivity contribution >= 4 is 159 Å². The van der Waals surface area contributed by atoms with Gasteiger partial charge in [-0.15, -0.1) is 34.0 Å². The summed E-state index contributed by atoms with van der Waals surface area (Å²) >= 11 is 5.71. The lowest BCUT2D eigenvalue weighted by molar-refractivity contribution is 0.661. The Kier molecular flexibility index (Phi) is 19.0. The third-order valence-electron chi connectivity index (χ3n) is 32.7. The first-order chi connectivity index (χ1) is 72.1. The molecule has 0 aliphatic heterocycles. The lowest BCUT2D eigenvalue weighted by atomic mass is 9.67. The minimum atomic E-state index is -0.514. The van der Waals surface area contributed by atoms with E-state index in [1.54, 1.807) is 0 Å². The number of hydrogen-bond acceptors (Lipinski definition) is 3. The summed E-state index contributed by atoms with van der Waals surface area (Å²) in [5.74, 6) is 0. The van der Waals surface area contributed by atoms with Gasteiger partial charge in [0.05, 0.1) is 10.8 Å². The van der Waals surface area contributed by atoms with Gasteiger partial charge in [-0.05, 0) is 304 Å². The second kappa shape index (κ2) is 32.9. The van der Waals surface area contributed by atoms with Gasteiger partial charge in [0, 0.05) is 65.9 Å². The van der Waals surface area contributed by atoms with Gasteiger partial charge in [-0.1, -0.05) is 451 Å². The third kappa shape index (κ3) is 12.5. The standard InChI is InChI=1S/C51H30S.C51H32S.C41H28S/c1-2-13-34-31(12-1)28-44(37-15-4-3-14-36(34)37)33-25-27-41-40-26-24-32(35-19-11-20-43-42-18-7-10-23-49(42)52-50(35)43)29-47(40)51(48(41)30-33)45-21-8-5-16-38(45)39-17-6-9-22-46(39)51;1-3-15-36(16-4-1)51(37-17-5-2-6-18-37)47-31-34(39-23-13-24-45-44-22-11-12-25-49(44)52-50(39)45)26-28-42(47)43-29-27-35(32-48(43)51)46-30-33-14-7-8-19-38(33)40-20-9-10-21-41(40)46;1-41(2)37-23-26(29-15-9-16-35-34-14-7-8-17-39(34)42-40(29)35)18-20-32(37)33-21-19-27(24-38(33)41)36-22-25-10-3-4-11-28(25)30-12-5-6-13-31(30)36/h1-30H;1-32H;3-24H,1-2H3. The molecule has 25 aromatic carbocycles. The normalized spacial score (nSPS) is 13.4. The molecule has 0 atom stereocenters. The fourth-order valence-corrected chi connectivity index (χ4v) is 29.9. The zero-order chi connectivity index (χ0) is 96.2. The number of thiophene rings is 3.